The van der Waals surface area contributed by atoms with Gasteiger partial charge in [-0.25, -0.2) is 4.79 Å². The molecule has 1 aliphatic heterocycles. The Morgan fingerprint density at radius 3 is 2.40 bits per heavy atom. The van der Waals surface area contributed by atoms with Gasteiger partial charge in [0.25, 0.3) is 0 Å². The SMILES string of the molecule is C=CCN(C(=O)OCc1ccc(C)cc1)C1CCN(CCC(Cn2nnc(-c3ccccc3)n2)c2ccccc2)CC1. The van der Waals surface area contributed by atoms with Crippen molar-refractivity contribution >= 4 is 6.09 Å². The minimum Gasteiger partial charge on any atom is -0.445 e. The van der Waals surface area contributed by atoms with E-state index >= 15 is 0 Å². The summed E-state index contributed by atoms with van der Waals surface area (Å²) in [6, 6.07) is 28.8. The van der Waals surface area contributed by atoms with Crippen LogP contribution in [0.3, 0.4) is 0 Å². The van der Waals surface area contributed by atoms with Gasteiger partial charge in [-0.3, -0.25) is 0 Å². The molecule has 218 valence electrons. The molecule has 1 aliphatic rings. The lowest BCUT2D eigenvalue weighted by Gasteiger charge is -2.38. The van der Waals surface area contributed by atoms with E-state index in [0.717, 1.165) is 50.0 Å². The zero-order valence-electron chi connectivity index (χ0n) is 24.4. The van der Waals surface area contributed by atoms with E-state index < -0.39 is 0 Å². The molecule has 8 heteroatoms. The quantitative estimate of drug-likeness (QED) is 0.193. The first-order chi connectivity index (χ1) is 20.6. The maximum absolute atomic E-state index is 13.0. The van der Waals surface area contributed by atoms with Gasteiger partial charge >= 0.3 is 6.09 Å². The van der Waals surface area contributed by atoms with Crippen molar-refractivity contribution in [1.29, 1.82) is 0 Å². The zero-order chi connectivity index (χ0) is 29.1. The third-order valence-corrected chi connectivity index (χ3v) is 7.97. The van der Waals surface area contributed by atoms with Crippen molar-refractivity contribution in [3.8, 4) is 11.4 Å². The fraction of sp³-hybridized carbons (Fsp3) is 0.353. The molecule has 1 saturated heterocycles. The van der Waals surface area contributed by atoms with Gasteiger partial charge in [0.05, 0.1) is 6.54 Å². The molecule has 4 aromatic rings. The predicted octanol–water partition coefficient (Wildman–Crippen LogP) is 6.11. The van der Waals surface area contributed by atoms with Crippen LogP contribution in [0.4, 0.5) is 4.79 Å². The molecule has 0 N–H and O–H groups in total. The fourth-order valence-electron chi connectivity index (χ4n) is 5.53. The summed E-state index contributed by atoms with van der Waals surface area (Å²) < 4.78 is 5.68. The average molecular weight is 565 g/mol. The Labute approximate surface area is 248 Å². The number of benzene rings is 3. The van der Waals surface area contributed by atoms with Gasteiger partial charge in [-0.2, -0.15) is 4.80 Å². The fourth-order valence-corrected chi connectivity index (χ4v) is 5.53. The van der Waals surface area contributed by atoms with Crippen molar-refractivity contribution in [3.05, 3.63) is 114 Å². The van der Waals surface area contributed by atoms with E-state index in [9.17, 15) is 4.79 Å². The van der Waals surface area contributed by atoms with Crippen molar-refractivity contribution in [1.82, 2.24) is 30.0 Å². The first-order valence-corrected chi connectivity index (χ1v) is 14.8. The monoisotopic (exact) mass is 564 g/mol. The molecule has 0 aliphatic carbocycles. The number of rotatable bonds is 12. The second-order valence-corrected chi connectivity index (χ2v) is 11.0. The number of aryl methyl sites for hydroxylation is 1. The summed E-state index contributed by atoms with van der Waals surface area (Å²) in [5.41, 5.74) is 4.42. The maximum atomic E-state index is 13.0. The lowest BCUT2D eigenvalue weighted by atomic mass is 9.94. The van der Waals surface area contributed by atoms with E-state index in [0.29, 0.717) is 18.9 Å². The number of aromatic nitrogens is 4. The van der Waals surface area contributed by atoms with Crippen LogP contribution >= 0.6 is 0 Å². The summed E-state index contributed by atoms with van der Waals surface area (Å²) in [4.78, 5) is 19.1. The second kappa shape index (κ2) is 14.5. The van der Waals surface area contributed by atoms with Crippen LogP contribution < -0.4 is 0 Å². The van der Waals surface area contributed by atoms with Crippen molar-refractivity contribution in [2.24, 2.45) is 0 Å². The van der Waals surface area contributed by atoms with Gasteiger partial charge in [-0.1, -0.05) is 96.6 Å². The molecule has 1 atom stereocenters. The number of tetrazole rings is 1. The number of amides is 1. The molecule has 3 aromatic carbocycles. The number of carbonyl (C=O) groups excluding carboxylic acids is 1. The number of carbonyl (C=O) groups is 1. The second-order valence-electron chi connectivity index (χ2n) is 11.0. The highest BCUT2D eigenvalue weighted by Gasteiger charge is 2.28. The molecule has 1 aromatic heterocycles. The first-order valence-electron chi connectivity index (χ1n) is 14.8. The van der Waals surface area contributed by atoms with Crippen molar-refractivity contribution in [2.45, 2.75) is 51.3 Å². The predicted molar refractivity (Wildman–Crippen MR) is 165 cm³/mol. The lowest BCUT2D eigenvalue weighted by Crippen LogP contribution is -2.47. The van der Waals surface area contributed by atoms with E-state index in [2.05, 4.69) is 51.2 Å². The van der Waals surface area contributed by atoms with Crippen LogP contribution in [0.2, 0.25) is 0 Å². The van der Waals surface area contributed by atoms with Crippen LogP contribution in [-0.2, 0) is 17.9 Å². The van der Waals surface area contributed by atoms with Crippen LogP contribution in [0.1, 0.15) is 41.9 Å². The summed E-state index contributed by atoms with van der Waals surface area (Å²) >= 11 is 0. The number of hydrogen-bond acceptors (Lipinski definition) is 6. The van der Waals surface area contributed by atoms with E-state index in [1.54, 1.807) is 10.9 Å². The number of piperidine rings is 1. The number of nitrogens with zero attached hydrogens (tertiary/aromatic N) is 6. The smallest absolute Gasteiger partial charge is 0.410 e. The topological polar surface area (TPSA) is 76.4 Å². The van der Waals surface area contributed by atoms with Crippen LogP contribution in [0.15, 0.2) is 97.6 Å². The van der Waals surface area contributed by atoms with Crippen LogP contribution in [-0.4, -0.2) is 68.3 Å². The maximum Gasteiger partial charge on any atom is 0.410 e. The van der Waals surface area contributed by atoms with Gasteiger partial charge in [0, 0.05) is 37.2 Å². The molecule has 42 heavy (non-hydrogen) atoms. The minimum atomic E-state index is -0.270. The summed E-state index contributed by atoms with van der Waals surface area (Å²) in [5, 5.41) is 13.3. The average Bonchev–Trinajstić information content (AvgIpc) is 3.51. The standard InChI is InChI=1S/C34H40N6O2/c1-3-21-39(34(41)42-26-28-16-14-27(2)15-17-28)32-19-23-38(24-20-32)22-18-31(29-10-6-4-7-11-29)25-40-36-33(35-37-40)30-12-8-5-9-13-30/h3-17,31-32H,1,18-26H2,2H3. The number of likely N-dealkylation sites (tertiary alicyclic amines) is 1. The summed E-state index contributed by atoms with van der Waals surface area (Å²) in [6.45, 7) is 10.2. The Bertz CT molecular complexity index is 1400. The lowest BCUT2D eigenvalue weighted by molar-refractivity contribution is 0.0654. The molecule has 0 radical (unpaired) electrons. The van der Waals surface area contributed by atoms with Crippen LogP contribution in [0.25, 0.3) is 11.4 Å². The van der Waals surface area contributed by atoms with Crippen LogP contribution in [0, 0.1) is 6.92 Å². The number of hydrogen-bond donors (Lipinski definition) is 0. The van der Waals surface area contributed by atoms with Gasteiger partial charge in [-0.05, 0) is 49.1 Å². The molecule has 1 fully saturated rings. The highest BCUT2D eigenvalue weighted by atomic mass is 16.6. The third kappa shape index (κ3) is 7.91. The van der Waals surface area contributed by atoms with Crippen molar-refractivity contribution < 1.29 is 9.53 Å². The van der Waals surface area contributed by atoms with Gasteiger partial charge in [0.15, 0.2) is 0 Å². The molecular weight excluding hydrogens is 524 g/mol. The van der Waals surface area contributed by atoms with Crippen molar-refractivity contribution in [3.63, 3.8) is 0 Å². The van der Waals surface area contributed by atoms with Gasteiger partial charge in [-0.15, -0.1) is 16.8 Å². The summed E-state index contributed by atoms with van der Waals surface area (Å²) in [7, 11) is 0. The summed E-state index contributed by atoms with van der Waals surface area (Å²) in [6.07, 6.45) is 4.31. The van der Waals surface area contributed by atoms with Gasteiger partial charge < -0.3 is 14.5 Å². The molecule has 1 amide bonds. The van der Waals surface area contributed by atoms with E-state index in [4.69, 9.17) is 4.74 Å². The highest BCUT2D eigenvalue weighted by Crippen LogP contribution is 2.25. The minimum absolute atomic E-state index is 0.144. The molecule has 5 rings (SSSR count). The Kier molecular flexibility index (Phi) is 10.1. The molecule has 1 unspecified atom stereocenters. The molecule has 0 spiro atoms. The van der Waals surface area contributed by atoms with Gasteiger partial charge in [0.1, 0.15) is 6.61 Å². The Morgan fingerprint density at radius 2 is 1.71 bits per heavy atom. The normalized spacial score (nSPS) is 14.8. The Morgan fingerprint density at radius 1 is 1.02 bits per heavy atom. The van der Waals surface area contributed by atoms with Gasteiger partial charge in [0.2, 0.25) is 5.82 Å². The van der Waals surface area contributed by atoms with E-state index in [1.165, 1.54) is 11.1 Å². The zero-order valence-corrected chi connectivity index (χ0v) is 24.4. The molecule has 2 heterocycles. The van der Waals surface area contributed by atoms with E-state index in [-0.39, 0.29) is 24.7 Å². The molecule has 0 saturated carbocycles. The highest BCUT2D eigenvalue weighted by molar-refractivity contribution is 5.68. The Balaban J connectivity index is 1.15. The van der Waals surface area contributed by atoms with Crippen LogP contribution in [0.5, 0.6) is 0 Å². The molecule has 8 nitrogen and oxygen atoms in total. The first kappa shape index (κ1) is 29.2. The largest absolute Gasteiger partial charge is 0.445 e. The summed E-state index contributed by atoms with van der Waals surface area (Å²) in [5.74, 6) is 0.904. The Hall–Kier alpha value is -4.30. The third-order valence-electron chi connectivity index (χ3n) is 7.97. The number of ether oxygens (including phenoxy) is 1. The molecule has 0 bridgehead atoms. The molecular formula is C34H40N6O2. The van der Waals surface area contributed by atoms with E-state index in [1.807, 2.05) is 72.5 Å². The van der Waals surface area contributed by atoms with Crippen molar-refractivity contribution in [2.75, 3.05) is 26.2 Å².